The van der Waals surface area contributed by atoms with Gasteiger partial charge >= 0.3 is 6.18 Å². The number of hydrogen-bond donors (Lipinski definition) is 0. The maximum Gasteiger partial charge on any atom is 0.433 e. The van der Waals surface area contributed by atoms with E-state index in [1.807, 2.05) is 0 Å². The molecule has 3 aromatic rings. The molecule has 0 spiro atoms. The summed E-state index contributed by atoms with van der Waals surface area (Å²) in [4.78, 5) is 3.90. The molecule has 0 atom stereocenters. The lowest BCUT2D eigenvalue weighted by Crippen LogP contribution is -2.13. The van der Waals surface area contributed by atoms with Gasteiger partial charge in [0.05, 0.1) is 11.4 Å². The first kappa shape index (κ1) is 13.4. The second-order valence-electron chi connectivity index (χ2n) is 4.40. The number of nitrogens with zero attached hydrogens (tertiary/aromatic N) is 3. The van der Waals surface area contributed by atoms with E-state index in [1.165, 1.54) is 6.20 Å². The van der Waals surface area contributed by atoms with Crippen LogP contribution >= 0.6 is 0 Å². The summed E-state index contributed by atoms with van der Waals surface area (Å²) in [5, 5.41) is 4.07. The molecule has 0 aliphatic carbocycles. The number of alkyl halides is 3. The van der Waals surface area contributed by atoms with Crippen LogP contribution in [0.5, 0.6) is 0 Å². The molecule has 3 nitrogen and oxygen atoms in total. The summed E-state index contributed by atoms with van der Waals surface area (Å²) in [6.45, 7) is 0. The summed E-state index contributed by atoms with van der Waals surface area (Å²) in [5.41, 5.74) is 0.324. The molecule has 3 rings (SSSR count). The van der Waals surface area contributed by atoms with Crippen LogP contribution in [0.4, 0.5) is 13.2 Å². The van der Waals surface area contributed by atoms with Crippen molar-refractivity contribution in [2.45, 2.75) is 6.18 Å². The minimum Gasteiger partial charge on any atom is -0.264 e. The van der Waals surface area contributed by atoms with E-state index >= 15 is 0 Å². The summed E-state index contributed by atoms with van der Waals surface area (Å²) in [6, 6.07) is 12.6. The zero-order valence-corrected chi connectivity index (χ0v) is 10.7. The molecule has 0 fully saturated rings. The van der Waals surface area contributed by atoms with Crippen LogP contribution in [0.2, 0.25) is 0 Å². The molecule has 0 unspecified atom stereocenters. The van der Waals surface area contributed by atoms with E-state index in [0.29, 0.717) is 11.3 Å². The first-order valence-electron chi connectivity index (χ1n) is 6.19. The van der Waals surface area contributed by atoms with Crippen LogP contribution < -0.4 is 0 Å². The molecule has 1 aromatic carbocycles. The maximum atomic E-state index is 13.2. The number of rotatable bonds is 2. The van der Waals surface area contributed by atoms with Crippen molar-refractivity contribution in [1.29, 1.82) is 0 Å². The third-order valence-corrected chi connectivity index (χ3v) is 2.96. The van der Waals surface area contributed by atoms with E-state index in [1.54, 1.807) is 48.7 Å². The van der Waals surface area contributed by atoms with Gasteiger partial charge in [-0.05, 0) is 30.3 Å². The molecule has 2 heterocycles. The van der Waals surface area contributed by atoms with Crippen LogP contribution in [0, 0.1) is 0 Å². The largest absolute Gasteiger partial charge is 0.433 e. The summed E-state index contributed by atoms with van der Waals surface area (Å²) in [7, 11) is 0. The number of halogens is 3. The Balaban J connectivity index is 2.17. The van der Waals surface area contributed by atoms with Gasteiger partial charge in [-0.2, -0.15) is 18.3 Å². The zero-order chi connectivity index (χ0) is 14.9. The monoisotopic (exact) mass is 289 g/mol. The van der Waals surface area contributed by atoms with Crippen molar-refractivity contribution in [3.63, 3.8) is 0 Å². The van der Waals surface area contributed by atoms with E-state index in [-0.39, 0.29) is 5.69 Å². The molecule has 0 bridgehead atoms. The standard InChI is InChI=1S/C15H10F3N3/c16-15(17,18)14-9-13(11-5-4-8-19-10-11)20-21(14)12-6-2-1-3-7-12/h1-10H. The summed E-state index contributed by atoms with van der Waals surface area (Å²) >= 11 is 0. The molecular formula is C15H10F3N3. The molecule has 21 heavy (non-hydrogen) atoms. The van der Waals surface area contributed by atoms with E-state index in [4.69, 9.17) is 0 Å². The Kier molecular flexibility index (Phi) is 3.21. The third-order valence-electron chi connectivity index (χ3n) is 2.96. The lowest BCUT2D eigenvalue weighted by atomic mass is 10.2. The zero-order valence-electron chi connectivity index (χ0n) is 10.7. The Hall–Kier alpha value is -2.63. The minimum absolute atomic E-state index is 0.235. The van der Waals surface area contributed by atoms with Crippen LogP contribution in [0.15, 0.2) is 60.9 Å². The molecule has 0 aliphatic rings. The Morgan fingerprint density at radius 3 is 2.33 bits per heavy atom. The van der Waals surface area contributed by atoms with Gasteiger partial charge in [-0.3, -0.25) is 4.98 Å². The molecule has 0 aliphatic heterocycles. The van der Waals surface area contributed by atoms with Crippen LogP contribution in [0.25, 0.3) is 16.9 Å². The average molecular weight is 289 g/mol. The van der Waals surface area contributed by atoms with E-state index in [9.17, 15) is 13.2 Å². The minimum atomic E-state index is -4.48. The third kappa shape index (κ3) is 2.65. The van der Waals surface area contributed by atoms with E-state index in [0.717, 1.165) is 10.7 Å². The quantitative estimate of drug-likeness (QED) is 0.715. The van der Waals surface area contributed by atoms with Gasteiger partial charge in [0.15, 0.2) is 0 Å². The van der Waals surface area contributed by atoms with Crippen LogP contribution in [-0.4, -0.2) is 14.8 Å². The molecule has 0 N–H and O–H groups in total. The van der Waals surface area contributed by atoms with Crippen molar-refractivity contribution in [3.8, 4) is 16.9 Å². The van der Waals surface area contributed by atoms with E-state index in [2.05, 4.69) is 10.1 Å². The van der Waals surface area contributed by atoms with Gasteiger partial charge in [0, 0.05) is 18.0 Å². The molecule has 2 aromatic heterocycles. The van der Waals surface area contributed by atoms with Crippen LogP contribution in [0.3, 0.4) is 0 Å². The molecule has 0 saturated heterocycles. The maximum absolute atomic E-state index is 13.2. The van der Waals surface area contributed by atoms with Crippen molar-refractivity contribution in [2.24, 2.45) is 0 Å². The Labute approximate surface area is 118 Å². The fourth-order valence-electron chi connectivity index (χ4n) is 2.00. The van der Waals surface area contributed by atoms with E-state index < -0.39 is 11.9 Å². The van der Waals surface area contributed by atoms with Gasteiger partial charge in [-0.1, -0.05) is 18.2 Å². The van der Waals surface area contributed by atoms with Crippen molar-refractivity contribution in [1.82, 2.24) is 14.8 Å². The second-order valence-corrected chi connectivity index (χ2v) is 4.40. The highest BCUT2D eigenvalue weighted by molar-refractivity contribution is 5.59. The highest BCUT2D eigenvalue weighted by Crippen LogP contribution is 2.33. The lowest BCUT2D eigenvalue weighted by Gasteiger charge is -2.09. The highest BCUT2D eigenvalue weighted by atomic mass is 19.4. The second kappa shape index (κ2) is 5.05. The first-order chi connectivity index (χ1) is 10.1. The van der Waals surface area contributed by atoms with Gasteiger partial charge in [0.1, 0.15) is 5.69 Å². The number of para-hydroxylation sites is 1. The normalized spacial score (nSPS) is 11.6. The number of aromatic nitrogens is 3. The van der Waals surface area contributed by atoms with Crippen molar-refractivity contribution in [2.75, 3.05) is 0 Å². The predicted octanol–water partition coefficient (Wildman–Crippen LogP) is 3.95. The summed E-state index contributed by atoms with van der Waals surface area (Å²) in [5.74, 6) is 0. The smallest absolute Gasteiger partial charge is 0.264 e. The van der Waals surface area contributed by atoms with Crippen molar-refractivity contribution < 1.29 is 13.2 Å². The first-order valence-corrected chi connectivity index (χ1v) is 6.19. The Morgan fingerprint density at radius 1 is 0.952 bits per heavy atom. The van der Waals surface area contributed by atoms with Crippen LogP contribution in [-0.2, 0) is 6.18 Å². The fraction of sp³-hybridized carbons (Fsp3) is 0.0667. The Bertz CT molecular complexity index is 734. The fourth-order valence-corrected chi connectivity index (χ4v) is 2.00. The Morgan fingerprint density at radius 2 is 1.71 bits per heavy atom. The molecule has 0 amide bonds. The topological polar surface area (TPSA) is 30.7 Å². The van der Waals surface area contributed by atoms with Crippen LogP contribution in [0.1, 0.15) is 5.69 Å². The van der Waals surface area contributed by atoms with Gasteiger partial charge in [-0.15, -0.1) is 0 Å². The van der Waals surface area contributed by atoms with Gasteiger partial charge in [0.2, 0.25) is 0 Å². The van der Waals surface area contributed by atoms with Gasteiger partial charge in [-0.25, -0.2) is 4.68 Å². The lowest BCUT2D eigenvalue weighted by molar-refractivity contribution is -0.142. The molecule has 6 heteroatoms. The number of pyridine rings is 1. The molecular weight excluding hydrogens is 279 g/mol. The average Bonchev–Trinajstić information content (AvgIpc) is 2.94. The summed E-state index contributed by atoms with van der Waals surface area (Å²) in [6.07, 6.45) is -1.44. The molecule has 0 saturated carbocycles. The van der Waals surface area contributed by atoms with Gasteiger partial charge < -0.3 is 0 Å². The SMILES string of the molecule is FC(F)(F)c1cc(-c2cccnc2)nn1-c1ccccc1. The highest BCUT2D eigenvalue weighted by Gasteiger charge is 2.36. The van der Waals surface area contributed by atoms with Gasteiger partial charge in [0.25, 0.3) is 0 Å². The molecule has 0 radical (unpaired) electrons. The number of hydrogen-bond acceptors (Lipinski definition) is 2. The number of benzene rings is 1. The predicted molar refractivity (Wildman–Crippen MR) is 71.8 cm³/mol. The molecule has 106 valence electrons. The summed E-state index contributed by atoms with van der Waals surface area (Å²) < 4.78 is 40.5. The van der Waals surface area contributed by atoms with Crippen molar-refractivity contribution in [3.05, 3.63) is 66.6 Å². The van der Waals surface area contributed by atoms with Crippen molar-refractivity contribution >= 4 is 0 Å².